The lowest BCUT2D eigenvalue weighted by molar-refractivity contribution is 0.0691. The van der Waals surface area contributed by atoms with Crippen LogP contribution in [0.15, 0.2) is 12.3 Å². The smallest absolute Gasteiger partial charge is 0.276 e. The number of pyridine rings is 1. The fourth-order valence-electron chi connectivity index (χ4n) is 1.33. The third kappa shape index (κ3) is 0.950. The van der Waals surface area contributed by atoms with Crippen LogP contribution in [0.4, 0.5) is 0 Å². The van der Waals surface area contributed by atoms with Crippen molar-refractivity contribution in [3.05, 3.63) is 29.1 Å². The normalized spacial score (nSPS) is 15.1. The highest BCUT2D eigenvalue weighted by Crippen LogP contribution is 2.19. The van der Waals surface area contributed by atoms with Crippen LogP contribution in [0.5, 0.6) is 0 Å². The molecule has 1 aliphatic heterocycles. The number of aryl methyl sites for hydroxylation is 1. The molecule has 2 amide bonds. The molecule has 1 aliphatic rings. The van der Waals surface area contributed by atoms with E-state index in [1.54, 1.807) is 12.3 Å². The van der Waals surface area contributed by atoms with Gasteiger partial charge in [-0.2, -0.15) is 0 Å². The Hall–Kier alpha value is -1.71. The van der Waals surface area contributed by atoms with Gasteiger partial charge in [-0.25, -0.2) is 4.98 Å². The summed E-state index contributed by atoms with van der Waals surface area (Å²) in [4.78, 5) is 27.8. The van der Waals surface area contributed by atoms with Crippen molar-refractivity contribution in [3.8, 4) is 0 Å². The average Bonchev–Trinajstić information content (AvgIpc) is 2.32. The maximum absolute atomic E-state index is 11.4. The Balaban J connectivity index is 2.67. The van der Waals surface area contributed by atoms with Crippen LogP contribution in [0.3, 0.4) is 0 Å². The monoisotopic (exact) mass is 176 g/mol. The number of hydrogen-bond donors (Lipinski definition) is 0. The Labute approximate surface area is 75.2 Å². The minimum atomic E-state index is -0.319. The highest BCUT2D eigenvalue weighted by atomic mass is 16.2. The van der Waals surface area contributed by atoms with Gasteiger partial charge in [0.1, 0.15) is 5.69 Å². The number of aromatic nitrogens is 1. The predicted molar refractivity (Wildman–Crippen MR) is 45.4 cm³/mol. The van der Waals surface area contributed by atoms with Crippen molar-refractivity contribution < 1.29 is 9.59 Å². The molecule has 0 saturated carbocycles. The summed E-state index contributed by atoms with van der Waals surface area (Å²) < 4.78 is 0. The van der Waals surface area contributed by atoms with Crippen LogP contribution in [0.2, 0.25) is 0 Å². The van der Waals surface area contributed by atoms with E-state index in [0.29, 0.717) is 5.56 Å². The van der Waals surface area contributed by atoms with E-state index in [0.717, 1.165) is 10.5 Å². The second-order valence-corrected chi connectivity index (χ2v) is 3.08. The molecule has 66 valence electrons. The lowest BCUT2D eigenvalue weighted by Gasteiger charge is -2.01. The molecule has 0 aliphatic carbocycles. The van der Waals surface area contributed by atoms with E-state index in [9.17, 15) is 9.59 Å². The van der Waals surface area contributed by atoms with Gasteiger partial charge in [-0.15, -0.1) is 0 Å². The first-order valence-electron chi connectivity index (χ1n) is 3.90. The van der Waals surface area contributed by atoms with Crippen LogP contribution in [0, 0.1) is 6.92 Å². The first-order chi connectivity index (χ1) is 6.11. The molecule has 0 radical (unpaired) electrons. The molecule has 0 bridgehead atoms. The quantitative estimate of drug-likeness (QED) is 0.544. The molecule has 0 atom stereocenters. The standard InChI is InChI=1S/C9H8N2O2/c1-5-3-6-7(10-4-5)9(13)11(2)8(6)12/h3-4H,1-2H3. The van der Waals surface area contributed by atoms with Crippen molar-refractivity contribution in [2.45, 2.75) is 6.92 Å². The number of imide groups is 1. The summed E-state index contributed by atoms with van der Waals surface area (Å²) in [6.45, 7) is 1.84. The number of amides is 2. The maximum atomic E-state index is 11.4. The van der Waals surface area contributed by atoms with Gasteiger partial charge >= 0.3 is 0 Å². The average molecular weight is 176 g/mol. The zero-order valence-corrected chi connectivity index (χ0v) is 7.37. The highest BCUT2D eigenvalue weighted by molar-refractivity contribution is 6.20. The number of carbonyl (C=O) groups excluding carboxylic acids is 2. The fourth-order valence-corrected chi connectivity index (χ4v) is 1.33. The van der Waals surface area contributed by atoms with E-state index in [-0.39, 0.29) is 17.5 Å². The van der Waals surface area contributed by atoms with Crippen molar-refractivity contribution in [3.63, 3.8) is 0 Å². The van der Waals surface area contributed by atoms with Crippen molar-refractivity contribution in [1.82, 2.24) is 9.88 Å². The van der Waals surface area contributed by atoms with Crippen molar-refractivity contribution in [2.24, 2.45) is 0 Å². The molecule has 4 heteroatoms. The van der Waals surface area contributed by atoms with Crippen molar-refractivity contribution in [1.29, 1.82) is 0 Å². The highest BCUT2D eigenvalue weighted by Gasteiger charge is 2.33. The van der Waals surface area contributed by atoms with E-state index < -0.39 is 0 Å². The van der Waals surface area contributed by atoms with E-state index in [2.05, 4.69) is 4.98 Å². The zero-order valence-electron chi connectivity index (χ0n) is 7.37. The molecule has 0 N–H and O–H groups in total. The van der Waals surface area contributed by atoms with Gasteiger partial charge < -0.3 is 0 Å². The molecule has 1 aromatic rings. The molecule has 0 saturated heterocycles. The first-order valence-corrected chi connectivity index (χ1v) is 3.90. The lowest BCUT2D eigenvalue weighted by atomic mass is 10.2. The minimum Gasteiger partial charge on any atom is -0.276 e. The molecule has 0 unspecified atom stereocenters. The van der Waals surface area contributed by atoms with Crippen LogP contribution in [0.25, 0.3) is 0 Å². The second kappa shape index (κ2) is 2.39. The summed E-state index contributed by atoms with van der Waals surface area (Å²) in [6.07, 6.45) is 1.59. The number of carbonyl (C=O) groups is 2. The predicted octanol–water partition coefficient (Wildman–Crippen LogP) is 0.616. The second-order valence-electron chi connectivity index (χ2n) is 3.08. The number of fused-ring (bicyclic) bond motifs is 1. The Morgan fingerprint density at radius 3 is 2.69 bits per heavy atom. The van der Waals surface area contributed by atoms with Gasteiger partial charge in [-0.1, -0.05) is 0 Å². The Bertz CT molecular complexity index is 412. The third-order valence-electron chi connectivity index (χ3n) is 2.07. The van der Waals surface area contributed by atoms with Gasteiger partial charge in [0.15, 0.2) is 0 Å². The summed E-state index contributed by atoms with van der Waals surface area (Å²) in [5.74, 6) is -0.587. The Kier molecular flexibility index (Phi) is 1.45. The van der Waals surface area contributed by atoms with Gasteiger partial charge in [0.05, 0.1) is 5.56 Å². The fraction of sp³-hybridized carbons (Fsp3) is 0.222. The first kappa shape index (κ1) is 7.91. The van der Waals surface area contributed by atoms with Crippen molar-refractivity contribution in [2.75, 3.05) is 7.05 Å². The topological polar surface area (TPSA) is 50.3 Å². The molecular weight excluding hydrogens is 168 g/mol. The zero-order chi connectivity index (χ0) is 9.59. The molecule has 0 fully saturated rings. The Morgan fingerprint density at radius 2 is 2.00 bits per heavy atom. The molecule has 0 spiro atoms. The van der Waals surface area contributed by atoms with Gasteiger partial charge in [-0.3, -0.25) is 14.5 Å². The third-order valence-corrected chi connectivity index (χ3v) is 2.07. The van der Waals surface area contributed by atoms with Gasteiger partial charge in [0.2, 0.25) is 0 Å². The SMILES string of the molecule is Cc1cnc2c(c1)C(=O)N(C)C2=O. The van der Waals surface area contributed by atoms with Gasteiger partial charge in [-0.05, 0) is 18.6 Å². The molecule has 13 heavy (non-hydrogen) atoms. The Morgan fingerprint density at radius 1 is 1.31 bits per heavy atom. The number of hydrogen-bond acceptors (Lipinski definition) is 3. The van der Waals surface area contributed by atoms with Gasteiger partial charge in [0, 0.05) is 13.2 Å². The summed E-state index contributed by atoms with van der Waals surface area (Å²) in [5, 5.41) is 0. The summed E-state index contributed by atoms with van der Waals surface area (Å²) in [6, 6.07) is 1.69. The summed E-state index contributed by atoms with van der Waals surface area (Å²) in [5.41, 5.74) is 1.56. The van der Waals surface area contributed by atoms with Crippen LogP contribution < -0.4 is 0 Å². The van der Waals surface area contributed by atoms with E-state index in [1.807, 2.05) is 6.92 Å². The molecule has 0 aromatic carbocycles. The molecule has 4 nitrogen and oxygen atoms in total. The molecular formula is C9H8N2O2. The lowest BCUT2D eigenvalue weighted by Crippen LogP contribution is -2.24. The van der Waals surface area contributed by atoms with Crippen LogP contribution in [-0.4, -0.2) is 28.7 Å². The number of nitrogens with zero attached hydrogens (tertiary/aromatic N) is 2. The van der Waals surface area contributed by atoms with Crippen molar-refractivity contribution >= 4 is 11.8 Å². The minimum absolute atomic E-state index is 0.262. The van der Waals surface area contributed by atoms with Crippen LogP contribution in [-0.2, 0) is 0 Å². The molecule has 1 aromatic heterocycles. The number of rotatable bonds is 0. The van der Waals surface area contributed by atoms with Crippen LogP contribution >= 0.6 is 0 Å². The van der Waals surface area contributed by atoms with E-state index in [4.69, 9.17) is 0 Å². The van der Waals surface area contributed by atoms with Gasteiger partial charge in [0.25, 0.3) is 11.8 Å². The van der Waals surface area contributed by atoms with Crippen LogP contribution in [0.1, 0.15) is 26.4 Å². The molecule has 2 rings (SSSR count). The molecule has 2 heterocycles. The van der Waals surface area contributed by atoms with E-state index in [1.165, 1.54) is 7.05 Å². The van der Waals surface area contributed by atoms with E-state index >= 15 is 0 Å². The summed E-state index contributed by atoms with van der Waals surface area (Å²) >= 11 is 0. The largest absolute Gasteiger partial charge is 0.279 e. The summed E-state index contributed by atoms with van der Waals surface area (Å²) in [7, 11) is 1.46. The maximum Gasteiger partial charge on any atom is 0.279 e.